The van der Waals surface area contributed by atoms with E-state index >= 15 is 0 Å². The molecule has 1 saturated heterocycles. The van der Waals surface area contributed by atoms with Crippen LogP contribution < -0.4 is 5.32 Å². The van der Waals surface area contributed by atoms with Crippen molar-refractivity contribution < 1.29 is 14.3 Å². The largest absolute Gasteiger partial charge is 0.378 e. The number of thiophene rings is 1. The summed E-state index contributed by atoms with van der Waals surface area (Å²) in [5, 5.41) is 3.59. The van der Waals surface area contributed by atoms with E-state index in [1.807, 2.05) is 4.90 Å². The molecule has 1 atom stereocenters. The van der Waals surface area contributed by atoms with Crippen molar-refractivity contribution in [3.05, 3.63) is 16.0 Å². The number of carbonyl (C=O) groups excluding carboxylic acids is 2. The number of carbonyl (C=O) groups is 2. The molecule has 1 aliphatic heterocycles. The van der Waals surface area contributed by atoms with E-state index in [0.29, 0.717) is 32.2 Å². The summed E-state index contributed by atoms with van der Waals surface area (Å²) < 4.78 is 5.33. The molecule has 0 bridgehead atoms. The molecule has 1 fully saturated rings. The topological polar surface area (TPSA) is 58.6 Å². The van der Waals surface area contributed by atoms with Crippen LogP contribution in [-0.2, 0) is 22.4 Å². The lowest BCUT2D eigenvalue weighted by atomic mass is 9.88. The predicted molar refractivity (Wildman–Crippen MR) is 86.5 cm³/mol. The SMILES string of the molecule is CC(=O)Nc1sc2c(c1C(=O)N1CCOCC1)CCC(C)C2. The van der Waals surface area contributed by atoms with Gasteiger partial charge in [-0.2, -0.15) is 0 Å². The van der Waals surface area contributed by atoms with Gasteiger partial charge in [-0.1, -0.05) is 6.92 Å². The predicted octanol–water partition coefficient (Wildman–Crippen LogP) is 2.30. The maximum absolute atomic E-state index is 12.9. The summed E-state index contributed by atoms with van der Waals surface area (Å²) in [7, 11) is 0. The molecular formula is C16H22N2O3S. The number of morpholine rings is 1. The zero-order valence-electron chi connectivity index (χ0n) is 13.1. The highest BCUT2D eigenvalue weighted by atomic mass is 32.1. The lowest BCUT2D eigenvalue weighted by molar-refractivity contribution is -0.114. The number of rotatable bonds is 2. The number of nitrogens with one attached hydrogen (secondary N) is 1. The van der Waals surface area contributed by atoms with Crippen LogP contribution in [0.4, 0.5) is 5.00 Å². The summed E-state index contributed by atoms with van der Waals surface area (Å²) in [4.78, 5) is 27.5. The molecule has 22 heavy (non-hydrogen) atoms. The number of amides is 2. The van der Waals surface area contributed by atoms with E-state index in [4.69, 9.17) is 4.74 Å². The molecule has 0 radical (unpaired) electrons. The van der Waals surface area contributed by atoms with Gasteiger partial charge in [0.25, 0.3) is 5.91 Å². The first-order valence-electron chi connectivity index (χ1n) is 7.85. The van der Waals surface area contributed by atoms with E-state index in [0.717, 1.165) is 35.4 Å². The van der Waals surface area contributed by atoms with Crippen LogP contribution in [0.15, 0.2) is 0 Å². The van der Waals surface area contributed by atoms with Gasteiger partial charge in [0.2, 0.25) is 5.91 Å². The molecule has 1 aromatic heterocycles. The zero-order chi connectivity index (χ0) is 15.7. The van der Waals surface area contributed by atoms with E-state index < -0.39 is 0 Å². The van der Waals surface area contributed by atoms with Crippen molar-refractivity contribution in [1.29, 1.82) is 0 Å². The summed E-state index contributed by atoms with van der Waals surface area (Å²) >= 11 is 1.58. The van der Waals surface area contributed by atoms with Crippen LogP contribution in [0.1, 0.15) is 41.1 Å². The van der Waals surface area contributed by atoms with Crippen LogP contribution in [0, 0.1) is 5.92 Å². The molecule has 1 N–H and O–H groups in total. The third-order valence-corrected chi connectivity index (χ3v) is 5.48. The van der Waals surface area contributed by atoms with E-state index in [1.54, 1.807) is 11.3 Å². The normalized spacial score (nSPS) is 21.4. The monoisotopic (exact) mass is 322 g/mol. The van der Waals surface area contributed by atoms with Gasteiger partial charge in [0.05, 0.1) is 18.8 Å². The van der Waals surface area contributed by atoms with E-state index in [2.05, 4.69) is 12.2 Å². The van der Waals surface area contributed by atoms with Gasteiger partial charge in [-0.25, -0.2) is 0 Å². The third kappa shape index (κ3) is 3.03. The molecule has 3 rings (SSSR count). The molecule has 1 unspecified atom stereocenters. The van der Waals surface area contributed by atoms with Gasteiger partial charge < -0.3 is 15.0 Å². The van der Waals surface area contributed by atoms with Crippen molar-refractivity contribution in [2.45, 2.75) is 33.1 Å². The van der Waals surface area contributed by atoms with Crippen molar-refractivity contribution in [3.8, 4) is 0 Å². The Morgan fingerprint density at radius 2 is 2.05 bits per heavy atom. The van der Waals surface area contributed by atoms with Gasteiger partial charge in [-0.3, -0.25) is 9.59 Å². The molecule has 0 spiro atoms. The third-order valence-electron chi connectivity index (χ3n) is 4.31. The van der Waals surface area contributed by atoms with Crippen LogP contribution in [-0.4, -0.2) is 43.0 Å². The van der Waals surface area contributed by atoms with Gasteiger partial charge in [0.15, 0.2) is 0 Å². The fourth-order valence-corrected chi connectivity index (χ4v) is 4.60. The quantitative estimate of drug-likeness (QED) is 0.909. The molecule has 2 amide bonds. The smallest absolute Gasteiger partial charge is 0.257 e. The van der Waals surface area contributed by atoms with Gasteiger partial charge in [0.1, 0.15) is 5.00 Å². The highest BCUT2D eigenvalue weighted by Crippen LogP contribution is 2.40. The Balaban J connectivity index is 1.96. The van der Waals surface area contributed by atoms with Crippen molar-refractivity contribution in [2.24, 2.45) is 5.92 Å². The molecule has 1 aromatic rings. The van der Waals surface area contributed by atoms with Crippen molar-refractivity contribution in [2.75, 3.05) is 31.6 Å². The maximum Gasteiger partial charge on any atom is 0.257 e. The number of anilines is 1. The summed E-state index contributed by atoms with van der Waals surface area (Å²) in [6, 6.07) is 0. The Hall–Kier alpha value is -1.40. The van der Waals surface area contributed by atoms with E-state index in [1.165, 1.54) is 11.8 Å². The number of ether oxygens (including phenoxy) is 1. The minimum atomic E-state index is -0.123. The Labute approximate surface area is 134 Å². The first-order chi connectivity index (χ1) is 10.6. The summed E-state index contributed by atoms with van der Waals surface area (Å²) in [5.41, 5.74) is 1.88. The second-order valence-electron chi connectivity index (χ2n) is 6.14. The molecule has 120 valence electrons. The van der Waals surface area contributed by atoms with Crippen molar-refractivity contribution in [3.63, 3.8) is 0 Å². The number of hydrogen-bond acceptors (Lipinski definition) is 4. The fraction of sp³-hybridized carbons (Fsp3) is 0.625. The Morgan fingerprint density at radius 3 is 2.73 bits per heavy atom. The first-order valence-corrected chi connectivity index (χ1v) is 8.67. The van der Waals surface area contributed by atoms with Crippen LogP contribution in [0.3, 0.4) is 0 Å². The van der Waals surface area contributed by atoms with Gasteiger partial charge in [-0.05, 0) is 30.7 Å². The highest BCUT2D eigenvalue weighted by Gasteiger charge is 2.30. The maximum atomic E-state index is 12.9. The Kier molecular flexibility index (Phi) is 4.49. The van der Waals surface area contributed by atoms with E-state index in [9.17, 15) is 9.59 Å². The number of hydrogen-bond donors (Lipinski definition) is 1. The molecule has 1 aliphatic carbocycles. The zero-order valence-corrected chi connectivity index (χ0v) is 13.9. The molecule has 2 aliphatic rings. The van der Waals surface area contributed by atoms with Crippen LogP contribution >= 0.6 is 11.3 Å². The lowest BCUT2D eigenvalue weighted by Crippen LogP contribution is -2.41. The second kappa shape index (κ2) is 6.38. The first kappa shape index (κ1) is 15.5. The summed E-state index contributed by atoms with van der Waals surface area (Å²) in [5.74, 6) is 0.560. The van der Waals surface area contributed by atoms with E-state index in [-0.39, 0.29) is 11.8 Å². The van der Waals surface area contributed by atoms with Crippen LogP contribution in [0.2, 0.25) is 0 Å². The van der Waals surface area contributed by atoms with Gasteiger partial charge in [0, 0.05) is 24.9 Å². The number of fused-ring (bicyclic) bond motifs is 1. The Morgan fingerprint density at radius 1 is 1.32 bits per heavy atom. The summed E-state index contributed by atoms with van der Waals surface area (Å²) in [6.45, 7) is 6.16. The molecule has 0 saturated carbocycles. The van der Waals surface area contributed by atoms with Crippen LogP contribution in [0.5, 0.6) is 0 Å². The summed E-state index contributed by atoms with van der Waals surface area (Å²) in [6.07, 6.45) is 3.04. The second-order valence-corrected chi connectivity index (χ2v) is 7.25. The van der Waals surface area contributed by atoms with Crippen molar-refractivity contribution >= 4 is 28.2 Å². The van der Waals surface area contributed by atoms with Gasteiger partial charge >= 0.3 is 0 Å². The molecule has 0 aromatic carbocycles. The minimum Gasteiger partial charge on any atom is -0.378 e. The molecule has 2 heterocycles. The molecule has 5 nitrogen and oxygen atoms in total. The molecular weight excluding hydrogens is 300 g/mol. The minimum absolute atomic E-state index is 0.0408. The van der Waals surface area contributed by atoms with Crippen LogP contribution in [0.25, 0.3) is 0 Å². The Bertz CT molecular complexity index is 590. The molecule has 6 heteroatoms. The number of nitrogens with zero attached hydrogens (tertiary/aromatic N) is 1. The average Bonchev–Trinajstić information content (AvgIpc) is 2.83. The van der Waals surface area contributed by atoms with Crippen molar-refractivity contribution in [1.82, 2.24) is 4.90 Å². The lowest BCUT2D eigenvalue weighted by Gasteiger charge is -2.28. The average molecular weight is 322 g/mol. The fourth-order valence-electron chi connectivity index (χ4n) is 3.15. The van der Waals surface area contributed by atoms with Gasteiger partial charge in [-0.15, -0.1) is 11.3 Å². The standard InChI is InChI=1S/C16H22N2O3S/c1-10-3-4-12-13(9-10)22-15(17-11(2)19)14(12)16(20)18-5-7-21-8-6-18/h10H,3-9H2,1-2H3,(H,17,19). The highest BCUT2D eigenvalue weighted by molar-refractivity contribution is 7.17.